The number of rotatable bonds is 2. The Balaban J connectivity index is 2.16. The highest BCUT2D eigenvalue weighted by Gasteiger charge is 2.25. The van der Waals surface area contributed by atoms with Gasteiger partial charge in [-0.15, -0.1) is 10.2 Å². The molecule has 1 aliphatic rings. The van der Waals surface area contributed by atoms with E-state index in [2.05, 4.69) is 35.5 Å². The average molecular weight is 292 g/mol. The monoisotopic (exact) mass is 291 g/mol. The molecular weight excluding hydrogens is 274 g/mol. The minimum Gasteiger partial charge on any atom is -0.300 e. The molecule has 17 heavy (non-hydrogen) atoms. The summed E-state index contributed by atoms with van der Waals surface area (Å²) in [5.74, 6) is 4.69. The van der Waals surface area contributed by atoms with Gasteiger partial charge in [-0.05, 0) is 11.6 Å². The van der Waals surface area contributed by atoms with Crippen LogP contribution in [0.5, 0.6) is 0 Å². The van der Waals surface area contributed by atoms with Gasteiger partial charge in [-0.3, -0.25) is 0 Å². The second-order valence-corrected chi connectivity index (χ2v) is 8.12. The lowest BCUT2D eigenvalue weighted by molar-refractivity contribution is 0.497. The van der Waals surface area contributed by atoms with Crippen LogP contribution < -0.4 is 0 Å². The predicted octanol–water partition coefficient (Wildman–Crippen LogP) is 3.08. The molecule has 0 N–H and O–H groups in total. The van der Waals surface area contributed by atoms with E-state index in [0.717, 1.165) is 12.4 Å². The molecule has 1 aromatic rings. The summed E-state index contributed by atoms with van der Waals surface area (Å²) in [7, 11) is 0. The van der Waals surface area contributed by atoms with Crippen LogP contribution in [-0.2, 0) is 12.0 Å². The molecule has 6 heteroatoms. The third-order valence-corrected chi connectivity index (χ3v) is 5.75. The summed E-state index contributed by atoms with van der Waals surface area (Å²) in [6.07, 6.45) is 0. The molecule has 0 bridgehead atoms. The van der Waals surface area contributed by atoms with Gasteiger partial charge >= 0.3 is 0 Å². The Morgan fingerprint density at radius 1 is 1.35 bits per heavy atom. The molecular formula is C11H18ClN3S2. The van der Waals surface area contributed by atoms with E-state index in [1.807, 2.05) is 23.5 Å². The van der Waals surface area contributed by atoms with Crippen LogP contribution in [0, 0.1) is 0 Å². The summed E-state index contributed by atoms with van der Waals surface area (Å²) >= 11 is 10.2. The summed E-state index contributed by atoms with van der Waals surface area (Å²) < 4.78 is 2.07. The molecule has 2 rings (SSSR count). The molecule has 0 saturated carbocycles. The molecule has 0 amide bonds. The molecule has 1 unspecified atom stereocenters. The normalized spacial score (nSPS) is 21.8. The molecule has 96 valence electrons. The van der Waals surface area contributed by atoms with E-state index in [4.69, 9.17) is 11.6 Å². The Bertz CT molecular complexity index is 381. The maximum atomic E-state index is 6.14. The fraction of sp³-hybridized carbons (Fsp3) is 0.818. The molecule has 1 fully saturated rings. The van der Waals surface area contributed by atoms with E-state index in [-0.39, 0.29) is 5.41 Å². The molecule has 0 radical (unpaired) electrons. The van der Waals surface area contributed by atoms with Crippen LogP contribution in [0.25, 0.3) is 0 Å². The molecule has 3 nitrogen and oxygen atoms in total. The van der Waals surface area contributed by atoms with E-state index in [9.17, 15) is 0 Å². The summed E-state index contributed by atoms with van der Waals surface area (Å²) in [4.78, 5) is 0. The van der Waals surface area contributed by atoms with E-state index in [1.54, 1.807) is 0 Å². The maximum Gasteiger partial charge on any atom is 0.225 e. The molecule has 0 spiro atoms. The lowest BCUT2D eigenvalue weighted by Gasteiger charge is -2.24. The van der Waals surface area contributed by atoms with Crippen LogP contribution in [0.4, 0.5) is 0 Å². The van der Waals surface area contributed by atoms with Gasteiger partial charge < -0.3 is 4.57 Å². The molecule has 1 atom stereocenters. The Morgan fingerprint density at radius 3 is 2.71 bits per heavy atom. The standard InChI is InChI=1S/C11H18ClN3S2/c1-11(2,3)9-13-14-10(12)15(9)6-8-7-16-4-5-17-8/h8H,4-7H2,1-3H3. The van der Waals surface area contributed by atoms with Crippen molar-refractivity contribution in [2.45, 2.75) is 38.0 Å². The Morgan fingerprint density at radius 2 is 2.12 bits per heavy atom. The first-order valence-electron chi connectivity index (χ1n) is 5.77. The van der Waals surface area contributed by atoms with Gasteiger partial charge in [0.15, 0.2) is 0 Å². The largest absolute Gasteiger partial charge is 0.300 e. The molecule has 0 aliphatic carbocycles. The van der Waals surface area contributed by atoms with E-state index in [0.29, 0.717) is 10.5 Å². The smallest absolute Gasteiger partial charge is 0.225 e. The van der Waals surface area contributed by atoms with Gasteiger partial charge in [0.25, 0.3) is 0 Å². The highest BCUT2D eigenvalue weighted by atomic mass is 35.5. The number of thioether (sulfide) groups is 2. The molecule has 1 aromatic heterocycles. The van der Waals surface area contributed by atoms with Gasteiger partial charge in [0.2, 0.25) is 5.28 Å². The Kier molecular flexibility index (Phi) is 4.31. The summed E-state index contributed by atoms with van der Waals surface area (Å²) in [6.45, 7) is 7.36. The second kappa shape index (κ2) is 5.41. The fourth-order valence-corrected chi connectivity index (χ4v) is 4.69. The zero-order valence-electron chi connectivity index (χ0n) is 10.4. The quantitative estimate of drug-likeness (QED) is 0.838. The average Bonchev–Trinajstić information content (AvgIpc) is 2.62. The topological polar surface area (TPSA) is 30.7 Å². The number of aromatic nitrogens is 3. The highest BCUT2D eigenvalue weighted by Crippen LogP contribution is 2.29. The van der Waals surface area contributed by atoms with E-state index in [1.165, 1.54) is 17.3 Å². The minimum absolute atomic E-state index is 0.00733. The van der Waals surface area contributed by atoms with Crippen LogP contribution in [0.3, 0.4) is 0 Å². The number of hydrogen-bond donors (Lipinski definition) is 0. The van der Waals surface area contributed by atoms with Crippen molar-refractivity contribution in [3.63, 3.8) is 0 Å². The molecule has 2 heterocycles. The van der Waals surface area contributed by atoms with E-state index < -0.39 is 0 Å². The van der Waals surface area contributed by atoms with Gasteiger partial charge in [0, 0.05) is 34.5 Å². The molecule has 1 aliphatic heterocycles. The lowest BCUT2D eigenvalue weighted by Crippen LogP contribution is -2.25. The Labute approximate surface area is 116 Å². The molecule has 0 aromatic carbocycles. The van der Waals surface area contributed by atoms with Gasteiger partial charge in [-0.1, -0.05) is 20.8 Å². The van der Waals surface area contributed by atoms with Crippen LogP contribution in [-0.4, -0.2) is 37.3 Å². The van der Waals surface area contributed by atoms with E-state index >= 15 is 0 Å². The van der Waals surface area contributed by atoms with Crippen molar-refractivity contribution < 1.29 is 0 Å². The maximum absolute atomic E-state index is 6.14. The minimum atomic E-state index is -0.00733. The first kappa shape index (κ1) is 13.6. The molecule has 1 saturated heterocycles. The first-order valence-corrected chi connectivity index (χ1v) is 8.35. The van der Waals surface area contributed by atoms with Crippen molar-refractivity contribution in [3.05, 3.63) is 11.1 Å². The highest BCUT2D eigenvalue weighted by molar-refractivity contribution is 8.06. The van der Waals surface area contributed by atoms with Crippen molar-refractivity contribution in [2.24, 2.45) is 0 Å². The SMILES string of the molecule is CC(C)(C)c1nnc(Cl)n1CC1CSCCS1. The Hall–Kier alpha value is 0.130. The third-order valence-electron chi connectivity index (χ3n) is 2.65. The van der Waals surface area contributed by atoms with Crippen LogP contribution in [0.2, 0.25) is 5.28 Å². The van der Waals surface area contributed by atoms with Crippen molar-refractivity contribution in [3.8, 4) is 0 Å². The zero-order chi connectivity index (χ0) is 12.5. The summed E-state index contributed by atoms with van der Waals surface area (Å²) in [5.41, 5.74) is -0.00733. The van der Waals surface area contributed by atoms with Crippen LogP contribution in [0.15, 0.2) is 0 Å². The van der Waals surface area contributed by atoms with Gasteiger partial charge in [-0.25, -0.2) is 0 Å². The summed E-state index contributed by atoms with van der Waals surface area (Å²) in [5, 5.41) is 9.38. The number of halogens is 1. The second-order valence-electron chi connectivity index (χ2n) is 5.22. The van der Waals surface area contributed by atoms with Gasteiger partial charge in [-0.2, -0.15) is 23.5 Å². The van der Waals surface area contributed by atoms with Crippen LogP contribution in [0.1, 0.15) is 26.6 Å². The zero-order valence-corrected chi connectivity index (χ0v) is 12.8. The van der Waals surface area contributed by atoms with Gasteiger partial charge in [0.05, 0.1) is 0 Å². The van der Waals surface area contributed by atoms with Gasteiger partial charge in [0.1, 0.15) is 5.82 Å². The van der Waals surface area contributed by atoms with Crippen molar-refractivity contribution in [2.75, 3.05) is 17.3 Å². The van der Waals surface area contributed by atoms with Crippen molar-refractivity contribution in [1.29, 1.82) is 0 Å². The van der Waals surface area contributed by atoms with Crippen LogP contribution >= 0.6 is 35.1 Å². The first-order chi connectivity index (χ1) is 7.98. The third kappa shape index (κ3) is 3.32. The number of nitrogens with zero attached hydrogens (tertiary/aromatic N) is 3. The number of hydrogen-bond acceptors (Lipinski definition) is 4. The summed E-state index contributed by atoms with van der Waals surface area (Å²) in [6, 6.07) is 0. The van der Waals surface area contributed by atoms with Crippen molar-refractivity contribution in [1.82, 2.24) is 14.8 Å². The van der Waals surface area contributed by atoms with Crippen molar-refractivity contribution >= 4 is 35.1 Å². The lowest BCUT2D eigenvalue weighted by atomic mass is 9.96. The predicted molar refractivity (Wildman–Crippen MR) is 77.3 cm³/mol. The fourth-order valence-electron chi connectivity index (χ4n) is 1.85.